The van der Waals surface area contributed by atoms with Crippen LogP contribution in [0.25, 0.3) is 0 Å². The summed E-state index contributed by atoms with van der Waals surface area (Å²) in [5, 5.41) is 8.71. The molecule has 0 amide bonds. The highest BCUT2D eigenvalue weighted by atomic mass is 16.3. The smallest absolute Gasteiger partial charge is 0.0595 e. The molecule has 0 aromatic rings. The van der Waals surface area contributed by atoms with Gasteiger partial charge in [0.2, 0.25) is 0 Å². The summed E-state index contributed by atoms with van der Waals surface area (Å²) in [6.45, 7) is 3.42. The standard InChI is InChI=1S/C7H20N4O/c8-1-3-11(4-2-9)5-7(10)6-12/h7,12H,1-6,8-10H2. The normalized spacial score (nSPS) is 13.8. The topological polar surface area (TPSA) is 102 Å². The monoisotopic (exact) mass is 176 g/mol. The molecule has 5 heteroatoms. The van der Waals surface area contributed by atoms with E-state index >= 15 is 0 Å². The molecule has 0 fully saturated rings. The molecule has 0 saturated heterocycles. The van der Waals surface area contributed by atoms with Gasteiger partial charge in [-0.3, -0.25) is 4.90 Å². The Morgan fingerprint density at radius 1 is 1.17 bits per heavy atom. The van der Waals surface area contributed by atoms with Crippen LogP contribution in [0.1, 0.15) is 0 Å². The van der Waals surface area contributed by atoms with Gasteiger partial charge in [-0.2, -0.15) is 0 Å². The summed E-state index contributed by atoms with van der Waals surface area (Å²) in [4.78, 5) is 2.06. The van der Waals surface area contributed by atoms with E-state index in [0.717, 1.165) is 13.1 Å². The van der Waals surface area contributed by atoms with Crippen molar-refractivity contribution >= 4 is 0 Å². The van der Waals surface area contributed by atoms with Crippen LogP contribution in [0.15, 0.2) is 0 Å². The Labute approximate surface area is 73.5 Å². The average Bonchev–Trinajstić information content (AvgIpc) is 2.05. The predicted octanol–water partition coefficient (Wildman–Crippen LogP) is -2.47. The highest BCUT2D eigenvalue weighted by molar-refractivity contribution is 4.67. The Morgan fingerprint density at radius 3 is 2.00 bits per heavy atom. The van der Waals surface area contributed by atoms with Crippen molar-refractivity contribution in [3.63, 3.8) is 0 Å². The Hall–Kier alpha value is -0.200. The van der Waals surface area contributed by atoms with E-state index < -0.39 is 0 Å². The molecule has 0 heterocycles. The molecule has 0 saturated carbocycles. The fraction of sp³-hybridized carbons (Fsp3) is 1.00. The first-order valence-corrected chi connectivity index (χ1v) is 4.23. The summed E-state index contributed by atoms with van der Waals surface area (Å²) < 4.78 is 0. The molecule has 0 aromatic heterocycles. The number of aliphatic hydroxyl groups excluding tert-OH is 1. The molecule has 5 nitrogen and oxygen atoms in total. The van der Waals surface area contributed by atoms with Crippen LogP contribution in [0.2, 0.25) is 0 Å². The quantitative estimate of drug-likeness (QED) is 0.344. The molecule has 1 unspecified atom stereocenters. The van der Waals surface area contributed by atoms with Crippen LogP contribution >= 0.6 is 0 Å². The second-order valence-electron chi connectivity index (χ2n) is 2.82. The Balaban J connectivity index is 3.61. The first-order chi connectivity index (χ1) is 5.74. The van der Waals surface area contributed by atoms with Gasteiger partial charge in [-0.05, 0) is 0 Å². The van der Waals surface area contributed by atoms with E-state index in [9.17, 15) is 0 Å². The minimum Gasteiger partial charge on any atom is -0.395 e. The molecule has 7 N–H and O–H groups in total. The van der Waals surface area contributed by atoms with E-state index in [-0.39, 0.29) is 12.6 Å². The van der Waals surface area contributed by atoms with Crippen molar-refractivity contribution in [2.45, 2.75) is 6.04 Å². The molecule has 0 spiro atoms. The van der Waals surface area contributed by atoms with Gasteiger partial charge in [0.05, 0.1) is 6.61 Å². The lowest BCUT2D eigenvalue weighted by Crippen LogP contribution is -2.43. The van der Waals surface area contributed by atoms with E-state index in [0.29, 0.717) is 19.6 Å². The van der Waals surface area contributed by atoms with Gasteiger partial charge in [-0.1, -0.05) is 0 Å². The molecule has 1 atom stereocenters. The van der Waals surface area contributed by atoms with Crippen molar-refractivity contribution in [2.75, 3.05) is 39.3 Å². The molecular formula is C7H20N4O. The van der Waals surface area contributed by atoms with Gasteiger partial charge in [0, 0.05) is 38.8 Å². The highest BCUT2D eigenvalue weighted by Crippen LogP contribution is 1.88. The number of aliphatic hydroxyl groups is 1. The van der Waals surface area contributed by atoms with Crippen molar-refractivity contribution in [3.05, 3.63) is 0 Å². The maximum absolute atomic E-state index is 8.71. The van der Waals surface area contributed by atoms with Gasteiger partial charge in [0.1, 0.15) is 0 Å². The first-order valence-electron chi connectivity index (χ1n) is 4.23. The summed E-state index contributed by atoms with van der Waals surface area (Å²) in [5.74, 6) is 0. The van der Waals surface area contributed by atoms with Crippen LogP contribution in [0.3, 0.4) is 0 Å². The molecule has 0 aliphatic carbocycles. The second-order valence-corrected chi connectivity index (χ2v) is 2.82. The third-order valence-electron chi connectivity index (χ3n) is 1.62. The largest absolute Gasteiger partial charge is 0.395 e. The Kier molecular flexibility index (Phi) is 7.33. The van der Waals surface area contributed by atoms with Gasteiger partial charge >= 0.3 is 0 Å². The van der Waals surface area contributed by atoms with Crippen LogP contribution in [0.4, 0.5) is 0 Å². The SMILES string of the molecule is NCCN(CCN)CC(N)CO. The fourth-order valence-corrected chi connectivity index (χ4v) is 1.05. The van der Waals surface area contributed by atoms with Crippen molar-refractivity contribution in [1.82, 2.24) is 4.90 Å². The van der Waals surface area contributed by atoms with E-state index in [4.69, 9.17) is 22.3 Å². The summed E-state index contributed by atoms with van der Waals surface area (Å²) in [6.07, 6.45) is 0. The van der Waals surface area contributed by atoms with Gasteiger partial charge < -0.3 is 22.3 Å². The number of rotatable bonds is 7. The van der Waals surface area contributed by atoms with Gasteiger partial charge in [-0.25, -0.2) is 0 Å². The summed E-state index contributed by atoms with van der Waals surface area (Å²) in [6, 6.07) is -0.192. The van der Waals surface area contributed by atoms with Gasteiger partial charge in [-0.15, -0.1) is 0 Å². The maximum atomic E-state index is 8.71. The van der Waals surface area contributed by atoms with E-state index in [1.165, 1.54) is 0 Å². The average molecular weight is 176 g/mol. The van der Waals surface area contributed by atoms with Crippen LogP contribution in [0.5, 0.6) is 0 Å². The van der Waals surface area contributed by atoms with Crippen LogP contribution in [-0.2, 0) is 0 Å². The molecule has 0 radical (unpaired) electrons. The zero-order valence-electron chi connectivity index (χ0n) is 7.45. The lowest BCUT2D eigenvalue weighted by Gasteiger charge is -2.23. The number of nitrogens with zero attached hydrogens (tertiary/aromatic N) is 1. The van der Waals surface area contributed by atoms with Gasteiger partial charge in [0.15, 0.2) is 0 Å². The van der Waals surface area contributed by atoms with Crippen LogP contribution in [0, 0.1) is 0 Å². The number of nitrogens with two attached hydrogens (primary N) is 3. The zero-order chi connectivity index (χ0) is 9.40. The summed E-state index contributed by atoms with van der Waals surface area (Å²) in [7, 11) is 0. The number of hydrogen-bond acceptors (Lipinski definition) is 5. The van der Waals surface area contributed by atoms with Crippen molar-refractivity contribution in [1.29, 1.82) is 0 Å². The van der Waals surface area contributed by atoms with Crippen molar-refractivity contribution in [2.24, 2.45) is 17.2 Å². The molecule has 0 bridgehead atoms. The maximum Gasteiger partial charge on any atom is 0.0595 e. The summed E-state index contributed by atoms with van der Waals surface area (Å²) in [5.41, 5.74) is 16.3. The molecule has 0 aromatic carbocycles. The highest BCUT2D eigenvalue weighted by Gasteiger charge is 2.07. The van der Waals surface area contributed by atoms with Crippen LogP contribution < -0.4 is 17.2 Å². The molecule has 0 rings (SSSR count). The van der Waals surface area contributed by atoms with E-state index in [2.05, 4.69) is 4.90 Å². The molecule has 0 aliphatic heterocycles. The summed E-state index contributed by atoms with van der Waals surface area (Å²) >= 11 is 0. The minimum atomic E-state index is -0.192. The second kappa shape index (κ2) is 7.45. The third-order valence-corrected chi connectivity index (χ3v) is 1.62. The Morgan fingerprint density at radius 2 is 1.67 bits per heavy atom. The number of hydrogen-bond donors (Lipinski definition) is 4. The van der Waals surface area contributed by atoms with Crippen LogP contribution in [-0.4, -0.2) is 55.4 Å². The van der Waals surface area contributed by atoms with Gasteiger partial charge in [0.25, 0.3) is 0 Å². The molecule has 12 heavy (non-hydrogen) atoms. The lowest BCUT2D eigenvalue weighted by atomic mass is 10.3. The minimum absolute atomic E-state index is 0.00560. The van der Waals surface area contributed by atoms with Crippen molar-refractivity contribution < 1.29 is 5.11 Å². The van der Waals surface area contributed by atoms with E-state index in [1.54, 1.807) is 0 Å². The first kappa shape index (κ1) is 11.8. The zero-order valence-corrected chi connectivity index (χ0v) is 7.45. The molecular weight excluding hydrogens is 156 g/mol. The van der Waals surface area contributed by atoms with E-state index in [1.807, 2.05) is 0 Å². The Bertz CT molecular complexity index is 95.4. The fourth-order valence-electron chi connectivity index (χ4n) is 1.05. The predicted molar refractivity (Wildman–Crippen MR) is 49.6 cm³/mol. The van der Waals surface area contributed by atoms with Crippen molar-refractivity contribution in [3.8, 4) is 0 Å². The lowest BCUT2D eigenvalue weighted by molar-refractivity contribution is 0.207. The molecule has 0 aliphatic rings. The third kappa shape index (κ3) is 5.45. The molecule has 74 valence electrons.